The average molecular weight is 379 g/mol. The Morgan fingerprint density at radius 1 is 1.12 bits per heavy atom. The van der Waals surface area contributed by atoms with Crippen LogP contribution in [-0.2, 0) is 19.6 Å². The van der Waals surface area contributed by atoms with Crippen molar-refractivity contribution in [2.24, 2.45) is 0 Å². The molecule has 0 aliphatic carbocycles. The Kier molecular flexibility index (Phi) is 6.02. The molecule has 0 N–H and O–H groups in total. The minimum atomic E-state index is -4.07. The van der Waals surface area contributed by atoms with Crippen molar-refractivity contribution < 1.29 is 22.3 Å². The number of sulfonamides is 1. The molecule has 5 nitrogen and oxygen atoms in total. The van der Waals surface area contributed by atoms with Gasteiger partial charge in [-0.2, -0.15) is 0 Å². The topological polar surface area (TPSA) is 63.7 Å². The number of nitrogens with zero attached hydrogens (tertiary/aromatic N) is 1. The average Bonchev–Trinajstić information content (AvgIpc) is 2.53. The van der Waals surface area contributed by atoms with Gasteiger partial charge in [0.1, 0.15) is 12.4 Å². The number of aryl methyl sites for hydroxylation is 2. The molecular formula is C19H22FNO4S. The van der Waals surface area contributed by atoms with Crippen LogP contribution in [-0.4, -0.2) is 27.0 Å². The molecule has 0 aliphatic rings. The summed E-state index contributed by atoms with van der Waals surface area (Å²) in [6.07, 6.45) is -0.364. The minimum absolute atomic E-state index is 0.101. The van der Waals surface area contributed by atoms with E-state index in [0.29, 0.717) is 11.3 Å². The lowest BCUT2D eigenvalue weighted by atomic mass is 10.1. The molecule has 2 rings (SSSR count). The molecule has 2 aromatic carbocycles. The Morgan fingerprint density at radius 2 is 1.73 bits per heavy atom. The van der Waals surface area contributed by atoms with Crippen LogP contribution in [0.5, 0.6) is 0 Å². The van der Waals surface area contributed by atoms with Crippen LogP contribution in [0.4, 0.5) is 10.1 Å². The number of halogens is 1. The normalized spacial score (nSPS) is 11.5. The molecule has 26 heavy (non-hydrogen) atoms. The Hall–Kier alpha value is -2.41. The van der Waals surface area contributed by atoms with E-state index in [0.717, 1.165) is 22.0 Å². The van der Waals surface area contributed by atoms with Gasteiger partial charge in [0, 0.05) is 0 Å². The summed E-state index contributed by atoms with van der Waals surface area (Å²) in [5.74, 6) is -1.20. The summed E-state index contributed by atoms with van der Waals surface area (Å²) >= 11 is 0. The molecule has 140 valence electrons. The second-order valence-corrected chi connectivity index (χ2v) is 8.16. The van der Waals surface area contributed by atoms with Gasteiger partial charge in [-0.3, -0.25) is 9.10 Å². The van der Waals surface area contributed by atoms with Gasteiger partial charge in [-0.05, 0) is 63.6 Å². The highest BCUT2D eigenvalue weighted by Crippen LogP contribution is 2.27. The zero-order valence-electron chi connectivity index (χ0n) is 15.2. The Balaban J connectivity index is 2.52. The highest BCUT2D eigenvalue weighted by molar-refractivity contribution is 7.92. The first-order valence-electron chi connectivity index (χ1n) is 8.16. The first-order chi connectivity index (χ1) is 12.1. The number of carbonyl (C=O) groups is 1. The number of ether oxygens (including phenoxy) is 1. The molecule has 0 unspecified atom stereocenters. The summed E-state index contributed by atoms with van der Waals surface area (Å²) in [4.78, 5) is 12.1. The number of hydrogen-bond donors (Lipinski definition) is 0. The lowest BCUT2D eigenvalue weighted by Gasteiger charge is -2.26. The van der Waals surface area contributed by atoms with E-state index in [2.05, 4.69) is 0 Å². The summed E-state index contributed by atoms with van der Waals surface area (Å²) in [7, 11) is -4.07. The molecular weight excluding hydrogens is 357 g/mol. The number of rotatable bonds is 6. The number of benzene rings is 2. The van der Waals surface area contributed by atoms with Crippen LogP contribution in [0.25, 0.3) is 0 Å². The number of hydrogen-bond acceptors (Lipinski definition) is 4. The first kappa shape index (κ1) is 19.9. The lowest BCUT2D eigenvalue weighted by molar-refractivity contribution is -0.145. The number of esters is 1. The van der Waals surface area contributed by atoms with Crippen LogP contribution in [0.15, 0.2) is 47.4 Å². The van der Waals surface area contributed by atoms with Gasteiger partial charge < -0.3 is 4.74 Å². The Morgan fingerprint density at radius 3 is 2.27 bits per heavy atom. The zero-order chi connectivity index (χ0) is 19.5. The molecule has 0 saturated carbocycles. The predicted molar refractivity (Wildman–Crippen MR) is 98.1 cm³/mol. The van der Waals surface area contributed by atoms with E-state index in [1.807, 2.05) is 13.0 Å². The van der Waals surface area contributed by atoms with Gasteiger partial charge in [-0.25, -0.2) is 12.8 Å². The summed E-state index contributed by atoms with van der Waals surface area (Å²) < 4.78 is 45.5. The second-order valence-electron chi connectivity index (χ2n) is 6.29. The van der Waals surface area contributed by atoms with E-state index in [1.54, 1.807) is 32.9 Å². The molecule has 0 saturated heterocycles. The molecule has 0 bridgehead atoms. The number of carbonyl (C=O) groups excluding carboxylic acids is 1. The predicted octanol–water partition coefficient (Wildman–Crippen LogP) is 3.59. The molecule has 2 aromatic rings. The summed E-state index contributed by atoms with van der Waals surface area (Å²) in [6.45, 7) is 6.56. The first-order valence-corrected chi connectivity index (χ1v) is 9.60. The van der Waals surface area contributed by atoms with Crippen molar-refractivity contribution in [3.8, 4) is 0 Å². The van der Waals surface area contributed by atoms with Gasteiger partial charge in [0.05, 0.1) is 16.7 Å². The van der Waals surface area contributed by atoms with Gasteiger partial charge in [-0.1, -0.05) is 17.7 Å². The van der Waals surface area contributed by atoms with Crippen LogP contribution < -0.4 is 4.31 Å². The van der Waals surface area contributed by atoms with Crippen molar-refractivity contribution in [1.82, 2.24) is 0 Å². The van der Waals surface area contributed by atoms with Crippen molar-refractivity contribution in [3.63, 3.8) is 0 Å². The molecule has 0 amide bonds. The van der Waals surface area contributed by atoms with Crippen LogP contribution in [0.1, 0.15) is 25.0 Å². The van der Waals surface area contributed by atoms with Gasteiger partial charge in [-0.15, -0.1) is 0 Å². The Labute approximate surface area is 153 Å². The third-order valence-electron chi connectivity index (χ3n) is 3.66. The van der Waals surface area contributed by atoms with E-state index < -0.39 is 28.4 Å². The van der Waals surface area contributed by atoms with Crippen molar-refractivity contribution in [3.05, 3.63) is 59.4 Å². The molecule has 0 radical (unpaired) electrons. The van der Waals surface area contributed by atoms with Crippen molar-refractivity contribution in [2.75, 3.05) is 10.8 Å². The standard InChI is InChI=1S/C19H22FNO4S/c1-13(2)25-19(22)12-21(18-10-5-14(3)11-15(18)4)26(23,24)17-8-6-16(20)7-9-17/h5-11,13H,12H2,1-4H3. The maximum Gasteiger partial charge on any atom is 0.327 e. The van der Waals surface area contributed by atoms with Crippen LogP contribution in [0, 0.1) is 19.7 Å². The number of anilines is 1. The van der Waals surface area contributed by atoms with Gasteiger partial charge in [0.2, 0.25) is 0 Å². The maximum atomic E-state index is 13.2. The van der Waals surface area contributed by atoms with Crippen molar-refractivity contribution >= 4 is 21.7 Å². The van der Waals surface area contributed by atoms with Crippen molar-refractivity contribution in [2.45, 2.75) is 38.7 Å². The fourth-order valence-electron chi connectivity index (χ4n) is 2.54. The van der Waals surface area contributed by atoms with Crippen LogP contribution in [0.3, 0.4) is 0 Å². The van der Waals surface area contributed by atoms with Crippen LogP contribution in [0.2, 0.25) is 0 Å². The molecule has 0 atom stereocenters. The van der Waals surface area contributed by atoms with Gasteiger partial charge in [0.15, 0.2) is 0 Å². The highest BCUT2D eigenvalue weighted by atomic mass is 32.2. The summed E-state index contributed by atoms with van der Waals surface area (Å²) in [5, 5.41) is 0. The zero-order valence-corrected chi connectivity index (χ0v) is 16.0. The molecule has 0 spiro atoms. The summed E-state index contributed by atoms with van der Waals surface area (Å²) in [6, 6.07) is 9.73. The monoisotopic (exact) mass is 379 g/mol. The molecule has 0 heterocycles. The minimum Gasteiger partial charge on any atom is -0.462 e. The van der Waals surface area contributed by atoms with Gasteiger partial charge >= 0.3 is 5.97 Å². The fourth-order valence-corrected chi connectivity index (χ4v) is 4.01. The SMILES string of the molecule is Cc1ccc(N(CC(=O)OC(C)C)S(=O)(=O)c2ccc(F)cc2)c(C)c1. The molecule has 7 heteroatoms. The summed E-state index contributed by atoms with van der Waals surface area (Å²) in [5.41, 5.74) is 2.05. The van der Waals surface area contributed by atoms with E-state index in [4.69, 9.17) is 4.74 Å². The largest absolute Gasteiger partial charge is 0.462 e. The quantitative estimate of drug-likeness (QED) is 0.720. The third kappa shape index (κ3) is 4.60. The second kappa shape index (κ2) is 7.86. The fraction of sp³-hybridized carbons (Fsp3) is 0.316. The van der Waals surface area contributed by atoms with E-state index in [-0.39, 0.29) is 11.0 Å². The van der Waals surface area contributed by atoms with Crippen LogP contribution >= 0.6 is 0 Å². The molecule has 0 fully saturated rings. The lowest BCUT2D eigenvalue weighted by Crippen LogP contribution is -2.37. The van der Waals surface area contributed by atoms with Crippen molar-refractivity contribution in [1.29, 1.82) is 0 Å². The van der Waals surface area contributed by atoms with Gasteiger partial charge in [0.25, 0.3) is 10.0 Å². The highest BCUT2D eigenvalue weighted by Gasteiger charge is 2.29. The maximum absolute atomic E-state index is 13.2. The molecule has 0 aliphatic heterocycles. The third-order valence-corrected chi connectivity index (χ3v) is 5.44. The van der Waals surface area contributed by atoms with E-state index >= 15 is 0 Å². The molecule has 0 aromatic heterocycles. The van der Waals surface area contributed by atoms with E-state index in [9.17, 15) is 17.6 Å². The smallest absolute Gasteiger partial charge is 0.327 e. The van der Waals surface area contributed by atoms with E-state index in [1.165, 1.54) is 12.1 Å². The Bertz CT molecular complexity index is 892.